The standard InChI is InChI=1S/C14H17N3OS/c1-3-15-13-6-11(4-5-16-13)14(18)17-7-12-9-19-8-10(12)2/h4-6,8-9H,3,7H2,1-2H3,(H,15,16)(H,17,18). The van der Waals surface area contributed by atoms with Crippen LogP contribution in [0.4, 0.5) is 5.82 Å². The topological polar surface area (TPSA) is 54.0 Å². The fraction of sp³-hybridized carbons (Fsp3) is 0.286. The van der Waals surface area contributed by atoms with Crippen molar-refractivity contribution in [1.29, 1.82) is 0 Å². The number of amides is 1. The molecule has 2 aromatic heterocycles. The van der Waals surface area contributed by atoms with E-state index in [0.717, 1.165) is 12.4 Å². The van der Waals surface area contributed by atoms with Gasteiger partial charge < -0.3 is 10.6 Å². The highest BCUT2D eigenvalue weighted by atomic mass is 32.1. The Morgan fingerprint density at radius 2 is 2.26 bits per heavy atom. The molecule has 19 heavy (non-hydrogen) atoms. The molecular formula is C14H17N3OS. The van der Waals surface area contributed by atoms with Crippen LogP contribution >= 0.6 is 11.3 Å². The van der Waals surface area contributed by atoms with Crippen LogP contribution in [-0.4, -0.2) is 17.4 Å². The highest BCUT2D eigenvalue weighted by Crippen LogP contribution is 2.13. The number of carbonyl (C=O) groups is 1. The number of anilines is 1. The van der Waals surface area contributed by atoms with Crippen LogP contribution in [0.3, 0.4) is 0 Å². The molecule has 2 N–H and O–H groups in total. The molecule has 5 heteroatoms. The summed E-state index contributed by atoms with van der Waals surface area (Å²) in [5, 5.41) is 10.2. The maximum atomic E-state index is 12.0. The summed E-state index contributed by atoms with van der Waals surface area (Å²) < 4.78 is 0. The first kappa shape index (κ1) is 13.5. The van der Waals surface area contributed by atoms with Gasteiger partial charge in [0.1, 0.15) is 5.82 Å². The van der Waals surface area contributed by atoms with Gasteiger partial charge in [0.05, 0.1) is 0 Å². The number of pyridine rings is 1. The molecule has 0 bridgehead atoms. The molecule has 0 saturated carbocycles. The average molecular weight is 275 g/mol. The van der Waals surface area contributed by atoms with Crippen molar-refractivity contribution in [3.8, 4) is 0 Å². The van der Waals surface area contributed by atoms with Gasteiger partial charge in [-0.25, -0.2) is 4.98 Å². The van der Waals surface area contributed by atoms with Gasteiger partial charge in [0.25, 0.3) is 5.91 Å². The molecular weight excluding hydrogens is 258 g/mol. The van der Waals surface area contributed by atoms with Crippen LogP contribution < -0.4 is 10.6 Å². The lowest BCUT2D eigenvalue weighted by Crippen LogP contribution is -2.23. The lowest BCUT2D eigenvalue weighted by molar-refractivity contribution is 0.0951. The van der Waals surface area contributed by atoms with E-state index in [0.29, 0.717) is 12.1 Å². The van der Waals surface area contributed by atoms with Gasteiger partial charge in [-0.1, -0.05) is 0 Å². The van der Waals surface area contributed by atoms with E-state index in [2.05, 4.69) is 26.4 Å². The first-order valence-electron chi connectivity index (χ1n) is 6.20. The van der Waals surface area contributed by atoms with Gasteiger partial charge in [0.2, 0.25) is 0 Å². The number of aryl methyl sites for hydroxylation is 1. The fourth-order valence-corrected chi connectivity index (χ4v) is 2.55. The van der Waals surface area contributed by atoms with Crippen molar-refractivity contribution in [2.24, 2.45) is 0 Å². The molecule has 0 aliphatic heterocycles. The van der Waals surface area contributed by atoms with Crippen molar-refractivity contribution >= 4 is 23.1 Å². The summed E-state index contributed by atoms with van der Waals surface area (Å²) in [5.74, 6) is 0.647. The summed E-state index contributed by atoms with van der Waals surface area (Å²) in [4.78, 5) is 16.2. The number of aromatic nitrogens is 1. The first-order chi connectivity index (χ1) is 9.20. The fourth-order valence-electron chi connectivity index (χ4n) is 1.70. The zero-order chi connectivity index (χ0) is 13.7. The van der Waals surface area contributed by atoms with Crippen LogP contribution in [0.5, 0.6) is 0 Å². The molecule has 0 aromatic carbocycles. The summed E-state index contributed by atoms with van der Waals surface area (Å²) in [6.07, 6.45) is 1.64. The number of nitrogens with zero attached hydrogens (tertiary/aromatic N) is 1. The SMILES string of the molecule is CCNc1cc(C(=O)NCc2cscc2C)ccn1. The van der Waals surface area contributed by atoms with Crippen LogP contribution in [0.25, 0.3) is 0 Å². The molecule has 0 atom stereocenters. The molecule has 0 saturated heterocycles. The molecule has 0 fully saturated rings. The number of nitrogens with one attached hydrogen (secondary N) is 2. The Labute approximate surface area is 116 Å². The zero-order valence-electron chi connectivity index (χ0n) is 11.1. The molecule has 4 nitrogen and oxygen atoms in total. The third-order valence-electron chi connectivity index (χ3n) is 2.78. The van der Waals surface area contributed by atoms with Crippen LogP contribution in [-0.2, 0) is 6.54 Å². The van der Waals surface area contributed by atoms with Crippen molar-refractivity contribution in [3.05, 3.63) is 45.8 Å². The lowest BCUT2D eigenvalue weighted by Gasteiger charge is -2.07. The van der Waals surface area contributed by atoms with E-state index in [-0.39, 0.29) is 5.91 Å². The Kier molecular flexibility index (Phi) is 4.52. The minimum absolute atomic E-state index is 0.0767. The van der Waals surface area contributed by atoms with E-state index in [1.807, 2.05) is 13.8 Å². The van der Waals surface area contributed by atoms with E-state index < -0.39 is 0 Å². The summed E-state index contributed by atoms with van der Waals surface area (Å²) in [7, 11) is 0. The molecule has 2 heterocycles. The third-order valence-corrected chi connectivity index (χ3v) is 3.69. The molecule has 0 unspecified atom stereocenters. The summed E-state index contributed by atoms with van der Waals surface area (Å²) in [6.45, 7) is 5.39. The Balaban J connectivity index is 2.00. The maximum Gasteiger partial charge on any atom is 0.251 e. The number of thiophene rings is 1. The molecule has 0 radical (unpaired) electrons. The summed E-state index contributed by atoms with van der Waals surface area (Å²) in [6, 6.07) is 3.48. The van der Waals surface area contributed by atoms with Crippen LogP contribution in [0.2, 0.25) is 0 Å². The first-order valence-corrected chi connectivity index (χ1v) is 7.14. The largest absolute Gasteiger partial charge is 0.370 e. The van der Waals surface area contributed by atoms with Gasteiger partial charge in [-0.05, 0) is 47.9 Å². The average Bonchev–Trinajstić information content (AvgIpc) is 2.82. The third kappa shape index (κ3) is 3.54. The van der Waals surface area contributed by atoms with Crippen molar-refractivity contribution < 1.29 is 4.79 Å². The minimum atomic E-state index is -0.0767. The van der Waals surface area contributed by atoms with Gasteiger partial charge in [-0.15, -0.1) is 0 Å². The van der Waals surface area contributed by atoms with Crippen LogP contribution in [0, 0.1) is 6.92 Å². The smallest absolute Gasteiger partial charge is 0.251 e. The predicted molar refractivity (Wildman–Crippen MR) is 78.6 cm³/mol. The van der Waals surface area contributed by atoms with E-state index in [1.54, 1.807) is 29.7 Å². The van der Waals surface area contributed by atoms with Crippen LogP contribution in [0.15, 0.2) is 29.1 Å². The zero-order valence-corrected chi connectivity index (χ0v) is 11.9. The minimum Gasteiger partial charge on any atom is -0.370 e. The number of rotatable bonds is 5. The van der Waals surface area contributed by atoms with Gasteiger partial charge in [0, 0.05) is 24.8 Å². The molecule has 100 valence electrons. The maximum absolute atomic E-state index is 12.0. The second-order valence-corrected chi connectivity index (χ2v) is 4.97. The van der Waals surface area contributed by atoms with E-state index >= 15 is 0 Å². The van der Waals surface area contributed by atoms with Gasteiger partial charge in [0.15, 0.2) is 0 Å². The van der Waals surface area contributed by atoms with Gasteiger partial charge in [-0.3, -0.25) is 4.79 Å². The molecule has 1 amide bonds. The number of hydrogen-bond donors (Lipinski definition) is 2. The molecule has 0 aliphatic rings. The number of hydrogen-bond acceptors (Lipinski definition) is 4. The second kappa shape index (κ2) is 6.33. The Hall–Kier alpha value is -1.88. The van der Waals surface area contributed by atoms with Crippen molar-refractivity contribution in [3.63, 3.8) is 0 Å². The van der Waals surface area contributed by atoms with Crippen LogP contribution in [0.1, 0.15) is 28.4 Å². The highest BCUT2D eigenvalue weighted by Gasteiger charge is 2.07. The van der Waals surface area contributed by atoms with Crippen molar-refractivity contribution in [1.82, 2.24) is 10.3 Å². The quantitative estimate of drug-likeness (QED) is 0.882. The normalized spacial score (nSPS) is 10.2. The van der Waals surface area contributed by atoms with E-state index in [9.17, 15) is 4.79 Å². The molecule has 2 rings (SSSR count). The van der Waals surface area contributed by atoms with E-state index in [1.165, 1.54) is 11.1 Å². The summed E-state index contributed by atoms with van der Waals surface area (Å²) in [5.41, 5.74) is 3.01. The Bertz CT molecular complexity index is 565. The van der Waals surface area contributed by atoms with Gasteiger partial charge in [-0.2, -0.15) is 11.3 Å². The predicted octanol–water partition coefficient (Wildman–Crippen LogP) is 2.81. The van der Waals surface area contributed by atoms with E-state index in [4.69, 9.17) is 0 Å². The monoisotopic (exact) mass is 275 g/mol. The Morgan fingerprint density at radius 1 is 1.42 bits per heavy atom. The molecule has 2 aromatic rings. The lowest BCUT2D eigenvalue weighted by atomic mass is 10.2. The van der Waals surface area contributed by atoms with Gasteiger partial charge >= 0.3 is 0 Å². The number of carbonyl (C=O) groups excluding carboxylic acids is 1. The van der Waals surface area contributed by atoms with Crippen molar-refractivity contribution in [2.75, 3.05) is 11.9 Å². The Morgan fingerprint density at radius 3 is 2.95 bits per heavy atom. The summed E-state index contributed by atoms with van der Waals surface area (Å²) >= 11 is 1.65. The van der Waals surface area contributed by atoms with Crippen molar-refractivity contribution in [2.45, 2.75) is 20.4 Å². The highest BCUT2D eigenvalue weighted by molar-refractivity contribution is 7.08. The molecule has 0 aliphatic carbocycles. The molecule has 0 spiro atoms. The second-order valence-electron chi connectivity index (χ2n) is 4.22.